The average molecular weight is 394 g/mol. The molecule has 0 aliphatic rings. The number of rotatable bonds is 5. The molecular weight excluding hydrogens is 379 g/mol. The van der Waals surface area contributed by atoms with E-state index in [4.69, 9.17) is 11.6 Å². The third-order valence-electron chi connectivity index (χ3n) is 3.56. The molecule has 0 aliphatic carbocycles. The lowest BCUT2D eigenvalue weighted by Crippen LogP contribution is -2.08. The summed E-state index contributed by atoms with van der Waals surface area (Å²) in [5.74, 6) is 0.696. The van der Waals surface area contributed by atoms with Crippen molar-refractivity contribution >= 4 is 29.1 Å². The van der Waals surface area contributed by atoms with Crippen molar-refractivity contribution in [3.05, 3.63) is 59.4 Å². The second-order valence-corrected chi connectivity index (χ2v) is 5.96. The molecule has 0 radical (unpaired) electrons. The van der Waals surface area contributed by atoms with Gasteiger partial charge in [-0.25, -0.2) is 4.98 Å². The summed E-state index contributed by atoms with van der Waals surface area (Å²) in [5, 5.41) is 5.53. The molecule has 1 aromatic carbocycles. The van der Waals surface area contributed by atoms with Gasteiger partial charge in [0.25, 0.3) is 0 Å². The lowest BCUT2D eigenvalue weighted by Gasteiger charge is -2.13. The summed E-state index contributed by atoms with van der Waals surface area (Å²) >= 11 is 5.67. The van der Waals surface area contributed by atoms with Gasteiger partial charge in [-0.05, 0) is 37.3 Å². The minimum Gasteiger partial charge on any atom is -0.354 e. The van der Waals surface area contributed by atoms with E-state index in [1.165, 1.54) is 12.1 Å². The number of benzene rings is 1. The van der Waals surface area contributed by atoms with E-state index in [1.54, 1.807) is 24.5 Å². The van der Waals surface area contributed by atoms with E-state index in [1.807, 2.05) is 13.0 Å². The topological polar surface area (TPSA) is 62.7 Å². The first kappa shape index (κ1) is 18.9. The fourth-order valence-electron chi connectivity index (χ4n) is 2.38. The molecule has 2 N–H and O–H groups in total. The van der Waals surface area contributed by atoms with Gasteiger partial charge in [-0.15, -0.1) is 0 Å². The van der Waals surface area contributed by atoms with Crippen LogP contribution in [0.25, 0.3) is 11.3 Å². The second-order valence-electron chi connectivity index (χ2n) is 5.55. The number of nitrogens with one attached hydrogen (secondary N) is 2. The van der Waals surface area contributed by atoms with Crippen LogP contribution in [0.5, 0.6) is 0 Å². The Balaban J connectivity index is 1.98. The first-order valence-electron chi connectivity index (χ1n) is 8.04. The largest absolute Gasteiger partial charge is 0.417 e. The smallest absolute Gasteiger partial charge is 0.354 e. The Bertz CT molecular complexity index is 932. The van der Waals surface area contributed by atoms with Gasteiger partial charge in [-0.2, -0.15) is 18.2 Å². The van der Waals surface area contributed by atoms with Crippen LogP contribution in [0.4, 0.5) is 30.6 Å². The van der Waals surface area contributed by atoms with Gasteiger partial charge in [0.1, 0.15) is 5.82 Å². The van der Waals surface area contributed by atoms with E-state index in [-0.39, 0.29) is 10.7 Å². The van der Waals surface area contributed by atoms with Gasteiger partial charge in [0.05, 0.1) is 16.3 Å². The number of hydrogen-bond acceptors (Lipinski definition) is 5. The van der Waals surface area contributed by atoms with Crippen LogP contribution in [0.3, 0.4) is 0 Å². The Morgan fingerprint density at radius 2 is 1.93 bits per heavy atom. The lowest BCUT2D eigenvalue weighted by atomic mass is 10.2. The highest BCUT2D eigenvalue weighted by molar-refractivity contribution is 6.31. The summed E-state index contributed by atoms with van der Waals surface area (Å²) in [5.41, 5.74) is 0.642. The molecule has 27 heavy (non-hydrogen) atoms. The van der Waals surface area contributed by atoms with E-state index in [9.17, 15) is 13.2 Å². The van der Waals surface area contributed by atoms with Gasteiger partial charge < -0.3 is 10.6 Å². The molecular formula is C18H15ClF3N5. The normalized spacial score (nSPS) is 11.3. The lowest BCUT2D eigenvalue weighted by molar-refractivity contribution is -0.137. The van der Waals surface area contributed by atoms with Crippen LogP contribution in [-0.4, -0.2) is 21.5 Å². The molecule has 0 saturated heterocycles. The van der Waals surface area contributed by atoms with Crippen LogP contribution in [-0.2, 0) is 6.18 Å². The zero-order valence-electron chi connectivity index (χ0n) is 14.2. The maximum Gasteiger partial charge on any atom is 0.417 e. The minimum atomic E-state index is -4.55. The molecule has 0 amide bonds. The fourth-order valence-corrected chi connectivity index (χ4v) is 2.60. The van der Waals surface area contributed by atoms with Crippen LogP contribution in [0.1, 0.15) is 12.5 Å². The average Bonchev–Trinajstić information content (AvgIpc) is 2.63. The highest BCUT2D eigenvalue weighted by Gasteiger charge is 2.33. The molecule has 0 aliphatic heterocycles. The SMILES string of the molecule is CCNc1nc(Nc2ccc(Cl)c(C(F)(F)F)c2)cc(-c2cccnc2)n1. The zero-order chi connectivity index (χ0) is 19.4. The molecule has 0 bridgehead atoms. The molecule has 5 nitrogen and oxygen atoms in total. The summed E-state index contributed by atoms with van der Waals surface area (Å²) in [4.78, 5) is 12.8. The molecule has 0 unspecified atom stereocenters. The Hall–Kier alpha value is -2.87. The van der Waals surface area contributed by atoms with Crippen LogP contribution < -0.4 is 10.6 Å². The summed E-state index contributed by atoms with van der Waals surface area (Å²) in [6.45, 7) is 2.48. The van der Waals surface area contributed by atoms with Crippen molar-refractivity contribution in [2.75, 3.05) is 17.2 Å². The molecule has 3 aromatic rings. The Morgan fingerprint density at radius 3 is 2.59 bits per heavy atom. The molecule has 9 heteroatoms. The maximum atomic E-state index is 13.1. The maximum absolute atomic E-state index is 13.1. The third kappa shape index (κ3) is 4.65. The highest BCUT2D eigenvalue weighted by atomic mass is 35.5. The van der Waals surface area contributed by atoms with E-state index in [0.29, 0.717) is 24.0 Å². The molecule has 2 aromatic heterocycles. The van der Waals surface area contributed by atoms with Gasteiger partial charge in [0.15, 0.2) is 0 Å². The van der Waals surface area contributed by atoms with Crippen LogP contribution >= 0.6 is 11.6 Å². The van der Waals surface area contributed by atoms with Crippen molar-refractivity contribution in [2.24, 2.45) is 0 Å². The third-order valence-corrected chi connectivity index (χ3v) is 3.89. The van der Waals surface area contributed by atoms with Gasteiger partial charge in [0.2, 0.25) is 5.95 Å². The summed E-state index contributed by atoms with van der Waals surface area (Å²) in [7, 11) is 0. The second kappa shape index (κ2) is 7.79. The molecule has 0 atom stereocenters. The Labute approximate surface area is 158 Å². The van der Waals surface area contributed by atoms with Crippen molar-refractivity contribution < 1.29 is 13.2 Å². The zero-order valence-corrected chi connectivity index (χ0v) is 14.9. The number of anilines is 3. The number of aromatic nitrogens is 3. The molecule has 0 saturated carbocycles. The number of pyridine rings is 1. The number of hydrogen-bond donors (Lipinski definition) is 2. The van der Waals surface area contributed by atoms with Gasteiger partial charge in [-0.1, -0.05) is 11.6 Å². The standard InChI is InChI=1S/C18H15ClF3N5/c1-2-24-17-26-15(11-4-3-7-23-10-11)9-16(27-17)25-12-5-6-14(19)13(8-12)18(20,21)22/h3-10H,2H2,1H3,(H2,24,25,26,27). The molecule has 0 fully saturated rings. The highest BCUT2D eigenvalue weighted by Crippen LogP contribution is 2.36. The van der Waals surface area contributed by atoms with Crippen molar-refractivity contribution in [3.8, 4) is 11.3 Å². The van der Waals surface area contributed by atoms with Crippen molar-refractivity contribution in [1.29, 1.82) is 0 Å². The summed E-state index contributed by atoms with van der Waals surface area (Å²) < 4.78 is 39.2. The van der Waals surface area contributed by atoms with Gasteiger partial charge in [-0.3, -0.25) is 4.98 Å². The van der Waals surface area contributed by atoms with Crippen LogP contribution in [0.15, 0.2) is 48.8 Å². The number of nitrogens with zero attached hydrogens (tertiary/aromatic N) is 3. The van der Waals surface area contributed by atoms with Crippen molar-refractivity contribution in [2.45, 2.75) is 13.1 Å². The van der Waals surface area contributed by atoms with Crippen LogP contribution in [0, 0.1) is 0 Å². The van der Waals surface area contributed by atoms with Gasteiger partial charge >= 0.3 is 6.18 Å². The Morgan fingerprint density at radius 1 is 1.11 bits per heavy atom. The van der Waals surface area contributed by atoms with E-state index in [0.717, 1.165) is 11.6 Å². The number of halogens is 4. The first-order chi connectivity index (χ1) is 12.9. The van der Waals surface area contributed by atoms with E-state index < -0.39 is 11.7 Å². The van der Waals surface area contributed by atoms with Crippen molar-refractivity contribution in [1.82, 2.24) is 15.0 Å². The monoisotopic (exact) mass is 393 g/mol. The molecule has 2 heterocycles. The first-order valence-corrected chi connectivity index (χ1v) is 8.41. The summed E-state index contributed by atoms with van der Waals surface area (Å²) in [6, 6.07) is 8.84. The van der Waals surface area contributed by atoms with E-state index >= 15 is 0 Å². The Kier molecular flexibility index (Phi) is 5.46. The quantitative estimate of drug-likeness (QED) is 0.608. The number of alkyl halides is 3. The van der Waals surface area contributed by atoms with Crippen molar-refractivity contribution in [3.63, 3.8) is 0 Å². The van der Waals surface area contributed by atoms with Crippen LogP contribution in [0.2, 0.25) is 5.02 Å². The predicted octanol–water partition coefficient (Wildman–Crippen LogP) is 5.39. The summed E-state index contributed by atoms with van der Waals surface area (Å²) in [6.07, 6.45) is -1.26. The van der Waals surface area contributed by atoms with Gasteiger partial charge in [0, 0.05) is 36.3 Å². The van der Waals surface area contributed by atoms with E-state index in [2.05, 4.69) is 25.6 Å². The molecule has 140 valence electrons. The minimum absolute atomic E-state index is 0.213. The predicted molar refractivity (Wildman–Crippen MR) is 99.2 cm³/mol. The fraction of sp³-hybridized carbons (Fsp3) is 0.167. The molecule has 3 rings (SSSR count). The molecule has 0 spiro atoms.